The Bertz CT molecular complexity index is 280. The number of hydrogen-bond acceptors (Lipinski definition) is 2. The Kier molecular flexibility index (Phi) is 4.23. The van der Waals surface area contributed by atoms with Crippen LogP contribution in [0.4, 0.5) is 0 Å². The van der Waals surface area contributed by atoms with Crippen molar-refractivity contribution in [1.82, 2.24) is 4.90 Å². The van der Waals surface area contributed by atoms with Gasteiger partial charge < -0.3 is 5.11 Å². The molecule has 1 N–H and O–H groups in total. The summed E-state index contributed by atoms with van der Waals surface area (Å²) in [5.41, 5.74) is -0.346. The van der Waals surface area contributed by atoms with Crippen LogP contribution in [0.25, 0.3) is 0 Å². The fourth-order valence-corrected chi connectivity index (χ4v) is 3.04. The topological polar surface area (TPSA) is 40.5 Å². The molecule has 2 atom stereocenters. The first kappa shape index (κ1) is 14.5. The molecule has 1 rings (SSSR count). The molecule has 17 heavy (non-hydrogen) atoms. The van der Waals surface area contributed by atoms with Gasteiger partial charge >= 0.3 is 5.97 Å². The maximum absolute atomic E-state index is 11.6. The number of rotatable bonds is 2. The molecule has 0 heterocycles. The predicted molar refractivity (Wildman–Crippen MR) is 70.1 cm³/mol. The molecule has 1 aliphatic carbocycles. The molecule has 100 valence electrons. The molecule has 3 nitrogen and oxygen atoms in total. The van der Waals surface area contributed by atoms with E-state index in [0.29, 0.717) is 11.3 Å². The fourth-order valence-electron chi connectivity index (χ4n) is 3.04. The molecule has 2 unspecified atom stereocenters. The molecule has 0 radical (unpaired) electrons. The van der Waals surface area contributed by atoms with E-state index in [-0.39, 0.29) is 0 Å². The third kappa shape index (κ3) is 3.01. The van der Waals surface area contributed by atoms with Crippen molar-refractivity contribution in [2.24, 2.45) is 11.3 Å². The van der Waals surface area contributed by atoms with E-state index in [1.807, 2.05) is 19.0 Å². The van der Waals surface area contributed by atoms with Gasteiger partial charge in [0.1, 0.15) is 5.54 Å². The van der Waals surface area contributed by atoms with Gasteiger partial charge in [0.15, 0.2) is 0 Å². The zero-order valence-corrected chi connectivity index (χ0v) is 11.9. The first-order valence-corrected chi connectivity index (χ1v) is 6.61. The highest BCUT2D eigenvalue weighted by Crippen LogP contribution is 2.41. The molecule has 1 aliphatic rings. The van der Waals surface area contributed by atoms with Gasteiger partial charge in [-0.3, -0.25) is 9.69 Å². The van der Waals surface area contributed by atoms with Crippen molar-refractivity contribution in [2.45, 2.75) is 58.4 Å². The van der Waals surface area contributed by atoms with Crippen molar-refractivity contribution in [2.75, 3.05) is 14.1 Å². The van der Waals surface area contributed by atoms with E-state index in [9.17, 15) is 9.90 Å². The Balaban J connectivity index is 2.85. The van der Waals surface area contributed by atoms with Crippen LogP contribution in [0.3, 0.4) is 0 Å². The Morgan fingerprint density at radius 3 is 2.24 bits per heavy atom. The summed E-state index contributed by atoms with van der Waals surface area (Å²) in [6.45, 7) is 6.79. The molecular weight excluding hydrogens is 214 g/mol. The number of carboxylic acid groups (broad SMARTS) is 1. The molecule has 1 saturated carbocycles. The van der Waals surface area contributed by atoms with Crippen molar-refractivity contribution in [3.63, 3.8) is 0 Å². The zero-order valence-electron chi connectivity index (χ0n) is 11.9. The molecule has 0 bridgehead atoms. The Labute approximate surface area is 105 Å². The highest BCUT2D eigenvalue weighted by Gasteiger charge is 2.43. The van der Waals surface area contributed by atoms with Crippen LogP contribution < -0.4 is 0 Å². The maximum atomic E-state index is 11.6. The highest BCUT2D eigenvalue weighted by molar-refractivity contribution is 5.78. The first-order valence-electron chi connectivity index (χ1n) is 6.61. The van der Waals surface area contributed by atoms with Gasteiger partial charge in [-0.1, -0.05) is 27.2 Å². The van der Waals surface area contributed by atoms with Crippen LogP contribution in [0.15, 0.2) is 0 Å². The van der Waals surface area contributed by atoms with Crippen molar-refractivity contribution in [1.29, 1.82) is 0 Å². The standard InChI is InChI=1S/C14H27NO2/c1-13(2,3)11-7-6-9-14(10-8-11,12(16)17)15(4)5/h11H,6-10H2,1-5H3,(H,16,17). The van der Waals surface area contributed by atoms with Crippen LogP contribution in [-0.4, -0.2) is 35.6 Å². The molecule has 0 aromatic rings. The van der Waals surface area contributed by atoms with Crippen LogP contribution in [0.5, 0.6) is 0 Å². The van der Waals surface area contributed by atoms with Gasteiger partial charge in [0.2, 0.25) is 0 Å². The minimum atomic E-state index is -0.656. The Morgan fingerprint density at radius 2 is 1.82 bits per heavy atom. The second-order valence-electron chi connectivity index (χ2n) is 6.73. The lowest BCUT2D eigenvalue weighted by Crippen LogP contribution is -2.50. The third-order valence-electron chi connectivity index (χ3n) is 4.53. The van der Waals surface area contributed by atoms with Crippen LogP contribution in [0.1, 0.15) is 52.9 Å². The van der Waals surface area contributed by atoms with Crippen LogP contribution in [-0.2, 0) is 4.79 Å². The number of carboxylic acids is 1. The molecule has 0 aromatic heterocycles. The number of aliphatic carboxylic acids is 1. The maximum Gasteiger partial charge on any atom is 0.324 e. The van der Waals surface area contributed by atoms with Gasteiger partial charge in [-0.25, -0.2) is 0 Å². The lowest BCUT2D eigenvalue weighted by atomic mass is 9.76. The smallest absolute Gasteiger partial charge is 0.324 e. The molecule has 0 aliphatic heterocycles. The zero-order chi connectivity index (χ0) is 13.3. The van der Waals surface area contributed by atoms with E-state index >= 15 is 0 Å². The van der Waals surface area contributed by atoms with Gasteiger partial charge in [-0.2, -0.15) is 0 Å². The summed E-state index contributed by atoms with van der Waals surface area (Å²) >= 11 is 0. The third-order valence-corrected chi connectivity index (χ3v) is 4.53. The summed E-state index contributed by atoms with van der Waals surface area (Å²) in [5, 5.41) is 9.53. The van der Waals surface area contributed by atoms with Gasteiger partial charge in [0, 0.05) is 0 Å². The summed E-state index contributed by atoms with van der Waals surface area (Å²) in [6.07, 6.45) is 4.76. The van der Waals surface area contributed by atoms with Crippen LogP contribution in [0, 0.1) is 11.3 Å². The number of carbonyl (C=O) groups is 1. The summed E-state index contributed by atoms with van der Waals surface area (Å²) in [5.74, 6) is -0.0132. The number of hydrogen-bond donors (Lipinski definition) is 1. The van der Waals surface area contributed by atoms with E-state index < -0.39 is 11.5 Å². The molecule has 0 saturated heterocycles. The van der Waals surface area contributed by atoms with Crippen LogP contribution in [0.2, 0.25) is 0 Å². The van der Waals surface area contributed by atoms with Crippen molar-refractivity contribution < 1.29 is 9.90 Å². The van der Waals surface area contributed by atoms with E-state index in [4.69, 9.17) is 0 Å². The first-order chi connectivity index (χ1) is 7.70. The summed E-state index contributed by atoms with van der Waals surface area (Å²) in [7, 11) is 3.79. The number of likely N-dealkylation sites (N-methyl/N-ethyl adjacent to an activating group) is 1. The normalized spacial score (nSPS) is 31.3. The van der Waals surface area contributed by atoms with E-state index in [2.05, 4.69) is 20.8 Å². The van der Waals surface area contributed by atoms with Gasteiger partial charge in [0.25, 0.3) is 0 Å². The SMILES string of the molecule is CN(C)C1(C(=O)O)CCCC(C(C)(C)C)CC1. The lowest BCUT2D eigenvalue weighted by Gasteiger charge is -2.35. The molecule has 3 heteroatoms. The predicted octanol–water partition coefficient (Wildman–Crippen LogP) is 3.00. The minimum absolute atomic E-state index is 0.293. The van der Waals surface area contributed by atoms with Crippen molar-refractivity contribution >= 4 is 5.97 Å². The lowest BCUT2D eigenvalue weighted by molar-refractivity contribution is -0.151. The van der Waals surface area contributed by atoms with Gasteiger partial charge in [-0.15, -0.1) is 0 Å². The molecular formula is C14H27NO2. The fraction of sp³-hybridized carbons (Fsp3) is 0.929. The van der Waals surface area contributed by atoms with Crippen molar-refractivity contribution in [3.05, 3.63) is 0 Å². The monoisotopic (exact) mass is 241 g/mol. The largest absolute Gasteiger partial charge is 0.480 e. The summed E-state index contributed by atoms with van der Waals surface area (Å²) < 4.78 is 0. The van der Waals surface area contributed by atoms with E-state index in [0.717, 1.165) is 32.1 Å². The highest BCUT2D eigenvalue weighted by atomic mass is 16.4. The average Bonchev–Trinajstić information content (AvgIpc) is 2.38. The Morgan fingerprint density at radius 1 is 1.24 bits per heavy atom. The molecule has 0 aromatic carbocycles. The molecule has 0 amide bonds. The molecule has 1 fully saturated rings. The second-order valence-corrected chi connectivity index (χ2v) is 6.73. The van der Waals surface area contributed by atoms with Crippen molar-refractivity contribution in [3.8, 4) is 0 Å². The Hall–Kier alpha value is -0.570. The summed E-state index contributed by atoms with van der Waals surface area (Å²) in [6, 6.07) is 0. The van der Waals surface area contributed by atoms with Gasteiger partial charge in [0.05, 0.1) is 0 Å². The van der Waals surface area contributed by atoms with E-state index in [1.165, 1.54) is 0 Å². The average molecular weight is 241 g/mol. The van der Waals surface area contributed by atoms with Gasteiger partial charge in [-0.05, 0) is 51.1 Å². The molecule has 0 spiro atoms. The van der Waals surface area contributed by atoms with E-state index in [1.54, 1.807) is 0 Å². The number of nitrogens with zero attached hydrogens (tertiary/aromatic N) is 1. The van der Waals surface area contributed by atoms with Crippen LogP contribution >= 0.6 is 0 Å². The second kappa shape index (κ2) is 4.97. The minimum Gasteiger partial charge on any atom is -0.480 e. The summed E-state index contributed by atoms with van der Waals surface area (Å²) in [4.78, 5) is 13.5. The quantitative estimate of drug-likeness (QED) is 0.756.